The molecule has 2 fully saturated rings. The van der Waals surface area contributed by atoms with Gasteiger partial charge in [0, 0.05) is 67.9 Å². The Hall–Kier alpha value is -5.73. The van der Waals surface area contributed by atoms with Crippen LogP contribution in [0.3, 0.4) is 0 Å². The van der Waals surface area contributed by atoms with E-state index >= 15 is 0 Å². The molecule has 0 radical (unpaired) electrons. The van der Waals surface area contributed by atoms with Gasteiger partial charge in [0.2, 0.25) is 0 Å². The highest BCUT2D eigenvalue weighted by molar-refractivity contribution is 5.89. The van der Waals surface area contributed by atoms with Crippen LogP contribution >= 0.6 is 0 Å². The number of allylic oxidation sites excluding steroid dienone is 1. The third-order valence-electron chi connectivity index (χ3n) is 12.4. The van der Waals surface area contributed by atoms with Gasteiger partial charge in [0.15, 0.2) is 0 Å². The van der Waals surface area contributed by atoms with Gasteiger partial charge in [-0.1, -0.05) is 49.4 Å². The highest BCUT2D eigenvalue weighted by atomic mass is 19.4. The van der Waals surface area contributed by atoms with E-state index in [1.54, 1.807) is 0 Å². The van der Waals surface area contributed by atoms with Crippen LogP contribution in [0.2, 0.25) is 0 Å². The average Bonchev–Trinajstić information content (AvgIpc) is 3.35. The first kappa shape index (κ1) is 52.9. The third kappa shape index (κ3) is 15.2. The molecule has 2 aliphatic rings. The van der Waals surface area contributed by atoms with Gasteiger partial charge in [-0.15, -0.1) is 6.58 Å². The maximum Gasteiger partial charge on any atom is 0.416 e. The highest BCUT2D eigenvalue weighted by Crippen LogP contribution is 2.37. The molecule has 1 aromatic heterocycles. The number of fused-ring (bicyclic) bond motifs is 1. The summed E-state index contributed by atoms with van der Waals surface area (Å²) >= 11 is 0. The Morgan fingerprint density at radius 1 is 0.879 bits per heavy atom. The van der Waals surface area contributed by atoms with Crippen LogP contribution in [0.15, 0.2) is 110 Å². The molecule has 5 aromatic rings. The van der Waals surface area contributed by atoms with Crippen molar-refractivity contribution in [2.45, 2.75) is 77.1 Å². The van der Waals surface area contributed by atoms with Crippen molar-refractivity contribution in [3.63, 3.8) is 0 Å². The number of unbranched alkanes of at least 4 members (excludes halogenated alkanes) is 2. The first-order valence-electron chi connectivity index (χ1n) is 22.7. The average molecular weight is 909 g/mol. The number of nitrogens with two attached hydrogens (primary N) is 1. The summed E-state index contributed by atoms with van der Waals surface area (Å²) in [6, 6.07) is 29.4. The minimum atomic E-state index is -4.39. The molecule has 4 aromatic carbocycles. The van der Waals surface area contributed by atoms with Crippen molar-refractivity contribution in [2.24, 2.45) is 17.6 Å². The Balaban J connectivity index is 0.000000784. The smallest absolute Gasteiger partial charge is 0.416 e. The zero-order chi connectivity index (χ0) is 48.1. The van der Waals surface area contributed by atoms with Crippen LogP contribution in [0.4, 0.5) is 18.9 Å². The maximum atomic E-state index is 13.0. The first-order valence-corrected chi connectivity index (χ1v) is 22.7. The summed E-state index contributed by atoms with van der Waals surface area (Å²) in [7, 11) is 5.37. The molecule has 13 heteroatoms. The molecule has 2 aliphatic heterocycles. The number of aldehydes is 2. The normalized spacial score (nSPS) is 15.0. The second-order valence-electron chi connectivity index (χ2n) is 16.5. The van der Waals surface area contributed by atoms with E-state index in [2.05, 4.69) is 76.9 Å². The Bertz CT molecular complexity index is 2250. The monoisotopic (exact) mass is 909 g/mol. The van der Waals surface area contributed by atoms with E-state index in [1.165, 1.54) is 50.6 Å². The fourth-order valence-electron chi connectivity index (χ4n) is 8.63. The molecule has 10 nitrogen and oxygen atoms in total. The van der Waals surface area contributed by atoms with Crippen LogP contribution in [0, 0.1) is 11.8 Å². The van der Waals surface area contributed by atoms with Gasteiger partial charge in [-0.05, 0) is 155 Å². The van der Waals surface area contributed by atoms with Crippen molar-refractivity contribution in [2.75, 3.05) is 52.2 Å². The predicted molar refractivity (Wildman–Crippen MR) is 260 cm³/mol. The summed E-state index contributed by atoms with van der Waals surface area (Å²) in [5.41, 5.74) is 13.2. The van der Waals surface area contributed by atoms with Gasteiger partial charge in [-0.2, -0.15) is 13.2 Å². The lowest BCUT2D eigenvalue weighted by Gasteiger charge is -2.41. The fraction of sp³-hybridized carbons (Fsp3) is 0.396. The number of rotatable bonds is 16. The maximum absolute atomic E-state index is 13.0. The number of alkyl halides is 3. The number of carbonyl (C=O) groups is 3. The van der Waals surface area contributed by atoms with Gasteiger partial charge in [0.1, 0.15) is 30.9 Å². The summed E-state index contributed by atoms with van der Waals surface area (Å²) in [6.45, 7) is 13.5. The second kappa shape index (κ2) is 27.0. The number of benzene rings is 4. The van der Waals surface area contributed by atoms with Crippen molar-refractivity contribution >= 4 is 35.8 Å². The quantitative estimate of drug-likeness (QED) is 0.0428. The standard InChI is InChI=1S/C45H50F3N5O2.C6H10O.CH5N.CH2O/c1-31(34-11-17-42-35(26-34)6-4-9-44(42)55-41-15-12-38(13-16-41)45(46,47)48)43-8-5-7-39(50-43)29-52-22-18-32(19-23-52)33-20-24-53(25-21-33)40-14-10-36(30-54)37(27-40)28-51(3)49-2;1-2-3-4-5-6-7;2*1-2/h4-17,26-27,30-33,49H,18-25,28-29H2,1-3H3;2,6H,1,3-5H2;2H2,1H3;1H2. The Morgan fingerprint density at radius 3 is 2.17 bits per heavy atom. The van der Waals surface area contributed by atoms with E-state index in [1.807, 2.05) is 62.3 Å². The predicted octanol–water partition coefficient (Wildman–Crippen LogP) is 10.6. The number of carbonyl (C=O) groups excluding carboxylic acids is 3. The van der Waals surface area contributed by atoms with E-state index in [0.717, 1.165) is 121 Å². The van der Waals surface area contributed by atoms with Crippen LogP contribution < -0.4 is 20.8 Å². The molecule has 354 valence electrons. The number of aromatic nitrogens is 1. The van der Waals surface area contributed by atoms with Crippen LogP contribution in [0.5, 0.6) is 11.5 Å². The highest BCUT2D eigenvalue weighted by Gasteiger charge is 2.31. The van der Waals surface area contributed by atoms with Crippen LogP contribution in [0.1, 0.15) is 96.2 Å². The summed E-state index contributed by atoms with van der Waals surface area (Å²) in [5, 5.41) is 3.87. The number of ether oxygens (including phenoxy) is 1. The number of hydrazine groups is 1. The van der Waals surface area contributed by atoms with Crippen molar-refractivity contribution in [1.29, 1.82) is 0 Å². The Kier molecular flexibility index (Phi) is 21.7. The number of likely N-dealkylation sites (tertiary alicyclic amines) is 1. The molecule has 7 rings (SSSR count). The molecule has 0 amide bonds. The van der Waals surface area contributed by atoms with Gasteiger partial charge >= 0.3 is 6.18 Å². The first-order chi connectivity index (χ1) is 32.0. The molecular formula is C53H67F3N6O4. The number of hydrogen-bond donors (Lipinski definition) is 2. The number of piperidine rings is 2. The molecule has 0 spiro atoms. The molecule has 0 saturated carbocycles. The van der Waals surface area contributed by atoms with E-state index in [4.69, 9.17) is 14.5 Å². The summed E-state index contributed by atoms with van der Waals surface area (Å²) < 4.78 is 45.1. The summed E-state index contributed by atoms with van der Waals surface area (Å²) in [6.07, 6.45) is 6.75. The van der Waals surface area contributed by atoms with Crippen molar-refractivity contribution in [1.82, 2.24) is 20.3 Å². The van der Waals surface area contributed by atoms with Gasteiger partial charge in [0.05, 0.1) is 11.3 Å². The number of hydrogen-bond acceptors (Lipinski definition) is 10. The molecule has 0 aliphatic carbocycles. The number of nitrogens with zero attached hydrogens (tertiary/aromatic N) is 4. The second-order valence-corrected chi connectivity index (χ2v) is 16.5. The fourth-order valence-corrected chi connectivity index (χ4v) is 8.63. The molecule has 1 unspecified atom stereocenters. The molecule has 1 atom stereocenters. The third-order valence-corrected chi connectivity index (χ3v) is 12.4. The summed E-state index contributed by atoms with van der Waals surface area (Å²) in [5.74, 6) is 2.52. The van der Waals surface area contributed by atoms with Gasteiger partial charge in [-0.25, -0.2) is 5.01 Å². The zero-order valence-electron chi connectivity index (χ0n) is 38.9. The van der Waals surface area contributed by atoms with Gasteiger partial charge in [0.25, 0.3) is 0 Å². The molecular weight excluding hydrogens is 842 g/mol. The van der Waals surface area contributed by atoms with Crippen molar-refractivity contribution < 1.29 is 32.3 Å². The number of nitrogens with one attached hydrogen (secondary N) is 1. The molecule has 66 heavy (non-hydrogen) atoms. The lowest BCUT2D eigenvalue weighted by Crippen LogP contribution is -2.40. The van der Waals surface area contributed by atoms with Crippen molar-refractivity contribution in [3.8, 4) is 11.5 Å². The minimum absolute atomic E-state index is 0.0738. The lowest BCUT2D eigenvalue weighted by atomic mass is 9.78. The van der Waals surface area contributed by atoms with Crippen LogP contribution in [-0.2, 0) is 28.9 Å². The topological polar surface area (TPSA) is 121 Å². The van der Waals surface area contributed by atoms with E-state index in [9.17, 15) is 22.8 Å². The van der Waals surface area contributed by atoms with E-state index < -0.39 is 11.7 Å². The number of halogens is 3. The Labute approximate surface area is 389 Å². The summed E-state index contributed by atoms with van der Waals surface area (Å²) in [4.78, 5) is 39.5. The largest absolute Gasteiger partial charge is 0.457 e. The lowest BCUT2D eigenvalue weighted by molar-refractivity contribution is -0.137. The molecule has 2 saturated heterocycles. The SMILES string of the molecule is C=CCCCC=O.C=O.CN.CNN(C)Cc1cc(N2CCC(C3CCN(Cc4cccc(C(C)c5ccc6c(Oc7ccc(C(F)(F)F)cc7)cccc6c5)n4)CC3)CC2)ccc1C=O. The molecule has 0 bridgehead atoms. The van der Waals surface area contributed by atoms with Gasteiger partial charge in [-0.3, -0.25) is 20.1 Å². The van der Waals surface area contributed by atoms with E-state index in [-0.39, 0.29) is 5.92 Å². The minimum Gasteiger partial charge on any atom is -0.457 e. The number of anilines is 1. The van der Waals surface area contributed by atoms with E-state index in [0.29, 0.717) is 24.5 Å². The van der Waals surface area contributed by atoms with Crippen LogP contribution in [-0.4, -0.2) is 81.6 Å². The molecule has 3 N–H and O–H groups in total. The van der Waals surface area contributed by atoms with Crippen molar-refractivity contribution in [3.05, 3.63) is 143 Å². The Morgan fingerprint density at radius 2 is 1.55 bits per heavy atom. The zero-order valence-corrected chi connectivity index (χ0v) is 38.9. The molecule has 3 heterocycles. The van der Waals surface area contributed by atoms with Gasteiger partial charge < -0.3 is 25.0 Å². The number of pyridine rings is 1. The van der Waals surface area contributed by atoms with Crippen LogP contribution in [0.25, 0.3) is 10.8 Å².